The molecule has 0 aliphatic rings. The zero-order valence-corrected chi connectivity index (χ0v) is 21.4. The third-order valence-corrected chi connectivity index (χ3v) is 6.26. The highest BCUT2D eigenvalue weighted by molar-refractivity contribution is 6.68. The number of unbranched alkanes of at least 4 members (excludes halogenated alkanes) is 10. The minimum atomic E-state index is -1.72. The molecule has 0 saturated heterocycles. The number of rotatable bonds is 15. The number of carbonyl (C=O) groups excluding carboxylic acids is 1. The number of alkyl halides is 3. The van der Waals surface area contributed by atoms with Crippen LogP contribution in [0.3, 0.4) is 0 Å². The Hall–Kier alpha value is -0.0600. The van der Waals surface area contributed by atoms with Crippen molar-refractivity contribution in [2.45, 2.75) is 93.9 Å². The number of nitrogens with one attached hydrogen (secondary N) is 2. The number of anilines is 1. The van der Waals surface area contributed by atoms with Gasteiger partial charge in [0.05, 0.1) is 10.0 Å². The summed E-state index contributed by atoms with van der Waals surface area (Å²) >= 11 is 30.0. The zero-order chi connectivity index (χ0) is 22.4. The first kappa shape index (κ1) is 28.0. The lowest BCUT2D eigenvalue weighted by molar-refractivity contribution is -0.121. The van der Waals surface area contributed by atoms with Gasteiger partial charge >= 0.3 is 0 Å². The molecule has 0 fully saturated rings. The molecule has 0 unspecified atom stereocenters. The first-order valence-corrected chi connectivity index (χ1v) is 12.7. The van der Waals surface area contributed by atoms with Crippen LogP contribution < -0.4 is 10.6 Å². The third kappa shape index (κ3) is 12.7. The molecule has 2 N–H and O–H groups in total. The second-order valence-electron chi connectivity index (χ2n) is 7.60. The Morgan fingerprint density at radius 1 is 0.867 bits per heavy atom. The number of hydrogen-bond donors (Lipinski definition) is 2. The molecule has 0 aliphatic carbocycles. The van der Waals surface area contributed by atoms with E-state index in [2.05, 4.69) is 17.6 Å². The van der Waals surface area contributed by atoms with E-state index >= 15 is 0 Å². The summed E-state index contributed by atoms with van der Waals surface area (Å²) in [6.45, 7) is 2.24. The van der Waals surface area contributed by atoms with E-state index in [1.165, 1.54) is 51.4 Å². The first-order valence-electron chi connectivity index (χ1n) is 10.8. The van der Waals surface area contributed by atoms with Crippen LogP contribution in [0.1, 0.15) is 84.0 Å². The smallest absolute Gasteiger partial charge is 0.228 e. The van der Waals surface area contributed by atoms with E-state index in [-0.39, 0.29) is 5.91 Å². The van der Waals surface area contributed by atoms with Crippen LogP contribution >= 0.6 is 58.0 Å². The van der Waals surface area contributed by atoms with Crippen molar-refractivity contribution in [1.29, 1.82) is 0 Å². The largest absolute Gasteiger partial charge is 0.362 e. The molecule has 0 aliphatic heterocycles. The molecule has 1 aromatic carbocycles. The van der Waals surface area contributed by atoms with Gasteiger partial charge in [-0.3, -0.25) is 4.79 Å². The van der Waals surface area contributed by atoms with Gasteiger partial charge in [-0.2, -0.15) is 0 Å². The van der Waals surface area contributed by atoms with Crippen molar-refractivity contribution in [2.24, 2.45) is 0 Å². The molecule has 1 amide bonds. The average Bonchev–Trinajstić information content (AvgIpc) is 2.67. The first-order chi connectivity index (χ1) is 14.2. The summed E-state index contributed by atoms with van der Waals surface area (Å²) in [4.78, 5) is 12.3. The predicted molar refractivity (Wildman–Crippen MR) is 133 cm³/mol. The summed E-state index contributed by atoms with van der Waals surface area (Å²) in [6.07, 6.45) is 13.0. The maximum atomic E-state index is 12.3. The number of halogens is 5. The Balaban J connectivity index is 2.25. The Morgan fingerprint density at radius 3 is 1.90 bits per heavy atom. The molecule has 172 valence electrons. The van der Waals surface area contributed by atoms with Gasteiger partial charge in [0.25, 0.3) is 0 Å². The fourth-order valence-electron chi connectivity index (χ4n) is 3.14. The highest BCUT2D eigenvalue weighted by atomic mass is 35.6. The van der Waals surface area contributed by atoms with E-state index < -0.39 is 9.96 Å². The van der Waals surface area contributed by atoms with Crippen molar-refractivity contribution >= 4 is 69.6 Å². The van der Waals surface area contributed by atoms with Gasteiger partial charge < -0.3 is 10.6 Å². The topological polar surface area (TPSA) is 41.1 Å². The van der Waals surface area contributed by atoms with E-state index in [4.69, 9.17) is 58.0 Å². The van der Waals surface area contributed by atoms with Crippen molar-refractivity contribution in [1.82, 2.24) is 5.32 Å². The molecule has 1 atom stereocenters. The van der Waals surface area contributed by atoms with Crippen LogP contribution in [0.5, 0.6) is 0 Å². The van der Waals surface area contributed by atoms with Gasteiger partial charge in [-0.1, -0.05) is 129 Å². The van der Waals surface area contributed by atoms with Gasteiger partial charge in [-0.25, -0.2) is 0 Å². The molecule has 3 nitrogen and oxygen atoms in total. The maximum Gasteiger partial charge on any atom is 0.228 e. The fourth-order valence-corrected chi connectivity index (χ4v) is 3.76. The van der Waals surface area contributed by atoms with Crippen molar-refractivity contribution in [2.75, 3.05) is 5.32 Å². The average molecular weight is 519 g/mol. The van der Waals surface area contributed by atoms with Crippen LogP contribution in [0.2, 0.25) is 10.0 Å². The highest BCUT2D eigenvalue weighted by Gasteiger charge is 2.34. The van der Waals surface area contributed by atoms with Crippen molar-refractivity contribution in [3.63, 3.8) is 0 Å². The molecule has 0 saturated carbocycles. The second-order valence-corrected chi connectivity index (χ2v) is 10.8. The highest BCUT2D eigenvalue weighted by Crippen LogP contribution is 2.32. The third-order valence-electron chi connectivity index (χ3n) is 4.87. The van der Waals surface area contributed by atoms with Crippen LogP contribution in [0, 0.1) is 0 Å². The number of carbonyl (C=O) groups is 1. The molecular formula is C22H33Cl5N2O. The van der Waals surface area contributed by atoms with Crippen LogP contribution in [0.4, 0.5) is 5.69 Å². The molecule has 0 aromatic heterocycles. The van der Waals surface area contributed by atoms with Gasteiger partial charge in [0.15, 0.2) is 0 Å². The molecule has 1 rings (SSSR count). The molecule has 30 heavy (non-hydrogen) atoms. The van der Waals surface area contributed by atoms with Gasteiger partial charge in [-0.05, 0) is 24.6 Å². The van der Waals surface area contributed by atoms with Crippen molar-refractivity contribution in [3.05, 3.63) is 28.2 Å². The number of hydrogen-bond acceptors (Lipinski definition) is 2. The summed E-state index contributed by atoms with van der Waals surface area (Å²) in [6, 6.07) is 4.95. The summed E-state index contributed by atoms with van der Waals surface area (Å²) in [5.41, 5.74) is 0.593. The quantitative estimate of drug-likeness (QED) is 0.138. The van der Waals surface area contributed by atoms with Crippen LogP contribution in [0.15, 0.2) is 18.2 Å². The molecule has 0 bridgehead atoms. The maximum absolute atomic E-state index is 12.3. The molecular weight excluding hydrogens is 486 g/mol. The summed E-state index contributed by atoms with van der Waals surface area (Å²) < 4.78 is -1.72. The molecule has 0 radical (unpaired) electrons. The monoisotopic (exact) mass is 516 g/mol. The van der Waals surface area contributed by atoms with Gasteiger partial charge in [0.1, 0.15) is 6.17 Å². The minimum absolute atomic E-state index is 0.158. The fraction of sp³-hybridized carbons (Fsp3) is 0.682. The summed E-state index contributed by atoms with van der Waals surface area (Å²) in [5.74, 6) is -0.158. The lowest BCUT2D eigenvalue weighted by Gasteiger charge is -2.27. The molecule has 0 heterocycles. The predicted octanol–water partition coefficient (Wildman–Crippen LogP) is 8.92. The Labute approximate surface area is 206 Å². The van der Waals surface area contributed by atoms with E-state index in [9.17, 15) is 4.79 Å². The summed E-state index contributed by atoms with van der Waals surface area (Å²) in [7, 11) is 0. The van der Waals surface area contributed by atoms with E-state index in [1.807, 2.05) is 0 Å². The van der Waals surface area contributed by atoms with Gasteiger partial charge in [0, 0.05) is 12.1 Å². The molecule has 1 aromatic rings. The standard InChI is InChI=1S/C22H33Cl5N2O/c1-2-3-4-5-6-7-8-9-10-11-12-13-20(30)29-21(22(25,26)27)28-17-14-15-18(23)19(24)16-17/h14-16,21,28H,2-13H2,1H3,(H,29,30)/t21-/m0/s1. The Kier molecular flexibility index (Phi) is 14.6. The normalized spacial score (nSPS) is 12.6. The van der Waals surface area contributed by atoms with E-state index in [0.717, 1.165) is 19.3 Å². The van der Waals surface area contributed by atoms with Crippen LogP contribution in [0.25, 0.3) is 0 Å². The number of benzene rings is 1. The van der Waals surface area contributed by atoms with Gasteiger partial charge in [-0.15, -0.1) is 0 Å². The Morgan fingerprint density at radius 2 is 1.40 bits per heavy atom. The van der Waals surface area contributed by atoms with Gasteiger partial charge in [0.2, 0.25) is 9.70 Å². The molecule has 0 spiro atoms. The van der Waals surface area contributed by atoms with E-state index in [1.54, 1.807) is 18.2 Å². The summed E-state index contributed by atoms with van der Waals surface area (Å²) in [5, 5.41) is 6.54. The van der Waals surface area contributed by atoms with Crippen LogP contribution in [-0.4, -0.2) is 15.9 Å². The van der Waals surface area contributed by atoms with Crippen LogP contribution in [-0.2, 0) is 4.79 Å². The Bertz CT molecular complexity index is 622. The number of amides is 1. The minimum Gasteiger partial charge on any atom is -0.362 e. The second kappa shape index (κ2) is 15.7. The van der Waals surface area contributed by atoms with Crippen molar-refractivity contribution < 1.29 is 4.79 Å². The van der Waals surface area contributed by atoms with Crippen molar-refractivity contribution in [3.8, 4) is 0 Å². The molecule has 8 heteroatoms. The lowest BCUT2D eigenvalue weighted by atomic mass is 10.1. The van der Waals surface area contributed by atoms with E-state index in [0.29, 0.717) is 22.2 Å². The lowest BCUT2D eigenvalue weighted by Crippen LogP contribution is -2.49. The SMILES string of the molecule is CCCCCCCCCCCCCC(=O)N[C@H](Nc1ccc(Cl)c(Cl)c1)C(Cl)(Cl)Cl. The zero-order valence-electron chi connectivity index (χ0n) is 17.6.